The number of β-amino-alcohol motifs (C(OH)–C–C–N with tert-alkyl or cyclic N) is 1. The van der Waals surface area contributed by atoms with Crippen LogP contribution in [0.4, 0.5) is 0 Å². The number of rotatable bonds is 4. The molecule has 1 heterocycles. The summed E-state index contributed by atoms with van der Waals surface area (Å²) in [6.45, 7) is -0.352. The van der Waals surface area contributed by atoms with Crippen molar-refractivity contribution in [2.24, 2.45) is 0 Å². The first-order valence-corrected chi connectivity index (χ1v) is 6.92. The molecule has 2 N–H and O–H groups in total. The molecular weight excluding hydrogens is 321 g/mol. The topological polar surface area (TPSA) is 87.1 Å². The van der Waals surface area contributed by atoms with E-state index in [1.165, 1.54) is 12.1 Å². The molecule has 0 aromatic heterocycles. The summed E-state index contributed by atoms with van der Waals surface area (Å²) in [5, 5.41) is 19.2. The van der Waals surface area contributed by atoms with Crippen LogP contribution in [0.15, 0.2) is 18.2 Å². The number of likely N-dealkylation sites (tertiary alicyclic amines) is 1. The van der Waals surface area contributed by atoms with E-state index in [1.807, 2.05) is 0 Å². The highest BCUT2D eigenvalue weighted by Gasteiger charge is 2.38. The number of ether oxygens (including phenoxy) is 1. The van der Waals surface area contributed by atoms with E-state index in [0.29, 0.717) is 15.8 Å². The van der Waals surface area contributed by atoms with Crippen molar-refractivity contribution in [2.45, 2.75) is 18.6 Å². The van der Waals surface area contributed by atoms with E-state index in [4.69, 9.17) is 33.0 Å². The van der Waals surface area contributed by atoms with Crippen molar-refractivity contribution in [1.82, 2.24) is 4.90 Å². The van der Waals surface area contributed by atoms with Crippen LogP contribution in [-0.4, -0.2) is 52.3 Å². The Labute approximate surface area is 130 Å². The quantitative estimate of drug-likeness (QED) is 0.870. The lowest BCUT2D eigenvalue weighted by Gasteiger charge is -2.21. The van der Waals surface area contributed by atoms with Crippen molar-refractivity contribution in [1.29, 1.82) is 0 Å². The van der Waals surface area contributed by atoms with Crippen LogP contribution in [0.25, 0.3) is 0 Å². The van der Waals surface area contributed by atoms with Crippen molar-refractivity contribution >= 4 is 35.1 Å². The van der Waals surface area contributed by atoms with Crippen LogP contribution in [0.2, 0.25) is 10.0 Å². The number of hydrogen-bond acceptors (Lipinski definition) is 4. The van der Waals surface area contributed by atoms with Gasteiger partial charge < -0.3 is 19.8 Å². The average molecular weight is 334 g/mol. The lowest BCUT2D eigenvalue weighted by Crippen LogP contribution is -2.42. The third kappa shape index (κ3) is 3.78. The maximum atomic E-state index is 12.0. The Morgan fingerprint density at radius 3 is 2.67 bits per heavy atom. The molecule has 0 saturated carbocycles. The second-order valence-electron chi connectivity index (χ2n) is 4.65. The highest BCUT2D eigenvalue weighted by molar-refractivity contribution is 6.42. The minimum absolute atomic E-state index is 0.0134. The summed E-state index contributed by atoms with van der Waals surface area (Å²) in [5.41, 5.74) is 0. The smallest absolute Gasteiger partial charge is 0.326 e. The highest BCUT2D eigenvalue weighted by atomic mass is 35.5. The number of hydrogen-bond donors (Lipinski definition) is 2. The molecule has 1 saturated heterocycles. The molecule has 21 heavy (non-hydrogen) atoms. The summed E-state index contributed by atoms with van der Waals surface area (Å²) in [6, 6.07) is 3.52. The number of aliphatic hydroxyl groups is 1. The van der Waals surface area contributed by atoms with Crippen LogP contribution >= 0.6 is 23.2 Å². The molecule has 1 aromatic rings. The van der Waals surface area contributed by atoms with Gasteiger partial charge in [-0.05, 0) is 12.1 Å². The standard InChI is InChI=1S/C13H13Cl2NO5/c14-9-2-1-8(4-10(9)15)21-6-12(18)16-5-7(17)3-11(16)13(19)20/h1-2,4,7,11,17H,3,5-6H2,(H,19,20)/t7?,11-/m0/s1. The number of amides is 1. The number of carboxylic acids is 1. The molecule has 0 radical (unpaired) electrons. The van der Waals surface area contributed by atoms with Gasteiger partial charge in [-0.1, -0.05) is 23.2 Å². The van der Waals surface area contributed by atoms with Gasteiger partial charge in [0.15, 0.2) is 6.61 Å². The Kier molecular flexibility index (Phi) is 4.92. The number of aliphatic hydroxyl groups excluding tert-OH is 1. The van der Waals surface area contributed by atoms with Gasteiger partial charge in [0.2, 0.25) is 0 Å². The van der Waals surface area contributed by atoms with Crippen molar-refractivity contribution in [2.75, 3.05) is 13.2 Å². The molecule has 1 unspecified atom stereocenters. The summed E-state index contributed by atoms with van der Waals surface area (Å²) in [7, 11) is 0. The Balaban J connectivity index is 1.97. The zero-order valence-corrected chi connectivity index (χ0v) is 12.3. The summed E-state index contributed by atoms with van der Waals surface area (Å²) in [6.07, 6.45) is -0.812. The molecule has 8 heteroatoms. The zero-order valence-electron chi connectivity index (χ0n) is 10.8. The minimum atomic E-state index is -1.14. The van der Waals surface area contributed by atoms with Crippen molar-refractivity contribution < 1.29 is 24.5 Å². The van der Waals surface area contributed by atoms with Gasteiger partial charge in [-0.3, -0.25) is 4.79 Å². The predicted molar refractivity (Wildman–Crippen MR) is 75.7 cm³/mol. The van der Waals surface area contributed by atoms with Gasteiger partial charge in [0.25, 0.3) is 5.91 Å². The molecule has 1 aliphatic heterocycles. The number of aliphatic carboxylic acids is 1. The molecule has 2 rings (SSSR count). The van der Waals surface area contributed by atoms with Crippen LogP contribution in [0, 0.1) is 0 Å². The van der Waals surface area contributed by atoms with Gasteiger partial charge in [0.1, 0.15) is 11.8 Å². The van der Waals surface area contributed by atoms with Gasteiger partial charge in [0.05, 0.1) is 16.1 Å². The van der Waals surface area contributed by atoms with Crippen LogP contribution in [0.5, 0.6) is 5.75 Å². The molecular formula is C13H13Cl2NO5. The molecule has 0 aliphatic carbocycles. The van der Waals surface area contributed by atoms with Gasteiger partial charge in [0, 0.05) is 19.0 Å². The Hall–Kier alpha value is -1.50. The third-order valence-corrected chi connectivity index (χ3v) is 3.88. The average Bonchev–Trinajstić information content (AvgIpc) is 2.82. The second kappa shape index (κ2) is 6.51. The predicted octanol–water partition coefficient (Wildman–Crippen LogP) is 1.42. The first-order chi connectivity index (χ1) is 9.88. The molecule has 0 spiro atoms. The van der Waals surface area contributed by atoms with Gasteiger partial charge >= 0.3 is 5.97 Å². The first kappa shape index (κ1) is 15.9. The van der Waals surface area contributed by atoms with E-state index >= 15 is 0 Å². The molecule has 1 fully saturated rings. The van der Waals surface area contributed by atoms with E-state index in [9.17, 15) is 14.7 Å². The molecule has 2 atom stereocenters. The molecule has 1 aliphatic rings. The van der Waals surface area contributed by atoms with Crippen LogP contribution < -0.4 is 4.74 Å². The SMILES string of the molecule is O=C(O)[C@@H]1CC(O)CN1C(=O)COc1ccc(Cl)c(Cl)c1. The normalized spacial score (nSPS) is 21.4. The van der Waals surface area contributed by atoms with E-state index < -0.39 is 24.0 Å². The molecule has 1 aromatic carbocycles. The maximum Gasteiger partial charge on any atom is 0.326 e. The molecule has 6 nitrogen and oxygen atoms in total. The number of benzene rings is 1. The summed E-state index contributed by atoms with van der Waals surface area (Å²) in [5.74, 6) is -1.30. The second-order valence-corrected chi connectivity index (χ2v) is 5.47. The number of nitrogens with zero attached hydrogens (tertiary/aromatic N) is 1. The van der Waals surface area contributed by atoms with Gasteiger partial charge in [-0.25, -0.2) is 4.79 Å². The fourth-order valence-corrected chi connectivity index (χ4v) is 2.41. The van der Waals surface area contributed by atoms with E-state index in [0.717, 1.165) is 4.90 Å². The highest BCUT2D eigenvalue weighted by Crippen LogP contribution is 2.26. The molecule has 114 valence electrons. The largest absolute Gasteiger partial charge is 0.484 e. The van der Waals surface area contributed by atoms with E-state index in [-0.39, 0.29) is 19.6 Å². The molecule has 1 amide bonds. The monoisotopic (exact) mass is 333 g/mol. The van der Waals surface area contributed by atoms with Crippen LogP contribution in [0.3, 0.4) is 0 Å². The zero-order chi connectivity index (χ0) is 15.6. The number of carbonyl (C=O) groups is 2. The Morgan fingerprint density at radius 1 is 1.33 bits per heavy atom. The molecule has 0 bridgehead atoms. The van der Waals surface area contributed by atoms with Gasteiger partial charge in [-0.15, -0.1) is 0 Å². The minimum Gasteiger partial charge on any atom is -0.484 e. The third-order valence-electron chi connectivity index (χ3n) is 3.14. The number of carboxylic acid groups (broad SMARTS) is 1. The van der Waals surface area contributed by atoms with Crippen molar-refractivity contribution in [3.8, 4) is 5.75 Å². The fourth-order valence-electron chi connectivity index (χ4n) is 2.12. The van der Waals surface area contributed by atoms with Crippen molar-refractivity contribution in [3.05, 3.63) is 28.2 Å². The lowest BCUT2D eigenvalue weighted by atomic mass is 10.2. The first-order valence-electron chi connectivity index (χ1n) is 6.16. The van der Waals surface area contributed by atoms with E-state index in [2.05, 4.69) is 0 Å². The van der Waals surface area contributed by atoms with E-state index in [1.54, 1.807) is 6.07 Å². The Morgan fingerprint density at radius 2 is 2.05 bits per heavy atom. The number of carbonyl (C=O) groups excluding carboxylic acids is 1. The summed E-state index contributed by atoms with van der Waals surface area (Å²) >= 11 is 11.6. The number of halogens is 2. The Bertz CT molecular complexity index is 565. The van der Waals surface area contributed by atoms with Crippen LogP contribution in [-0.2, 0) is 9.59 Å². The lowest BCUT2D eigenvalue weighted by molar-refractivity contribution is -0.148. The summed E-state index contributed by atoms with van der Waals surface area (Å²) < 4.78 is 5.27. The fraction of sp³-hybridized carbons (Fsp3) is 0.385. The van der Waals surface area contributed by atoms with Crippen molar-refractivity contribution in [3.63, 3.8) is 0 Å². The van der Waals surface area contributed by atoms with Crippen LogP contribution in [0.1, 0.15) is 6.42 Å². The summed E-state index contributed by atoms with van der Waals surface area (Å²) in [4.78, 5) is 24.1. The van der Waals surface area contributed by atoms with Gasteiger partial charge in [-0.2, -0.15) is 0 Å². The maximum absolute atomic E-state index is 12.0.